The van der Waals surface area contributed by atoms with E-state index < -0.39 is 0 Å². The van der Waals surface area contributed by atoms with Crippen LogP contribution in [0.1, 0.15) is 28.9 Å². The lowest BCUT2D eigenvalue weighted by Gasteiger charge is -2.33. The molecular weight excluding hydrogens is 292 g/mol. The van der Waals surface area contributed by atoms with Gasteiger partial charge in [-0.25, -0.2) is 9.97 Å². The van der Waals surface area contributed by atoms with Crippen LogP contribution in [0.15, 0.2) is 30.9 Å². The van der Waals surface area contributed by atoms with Gasteiger partial charge in [0.1, 0.15) is 5.69 Å². The molecule has 7 heteroatoms. The molecule has 3 rings (SSSR count). The first-order chi connectivity index (χ1) is 11.1. The highest BCUT2D eigenvalue weighted by Crippen LogP contribution is 2.24. The highest BCUT2D eigenvalue weighted by atomic mass is 16.1. The molecule has 0 spiro atoms. The van der Waals surface area contributed by atoms with Crippen molar-refractivity contribution in [1.82, 2.24) is 15.0 Å². The number of rotatable bonds is 4. The number of carbonyl (C=O) groups is 1. The number of hydrogen-bond donors (Lipinski definition) is 2. The van der Waals surface area contributed by atoms with Crippen LogP contribution in [0.3, 0.4) is 0 Å². The molecule has 0 saturated carbocycles. The summed E-state index contributed by atoms with van der Waals surface area (Å²) in [6.07, 6.45) is 8.67. The molecule has 0 aromatic carbocycles. The average Bonchev–Trinajstić information content (AvgIpc) is 2.55. The van der Waals surface area contributed by atoms with Crippen LogP contribution in [0.2, 0.25) is 0 Å². The molecule has 1 saturated heterocycles. The summed E-state index contributed by atoms with van der Waals surface area (Å²) in [7, 11) is 0. The lowest BCUT2D eigenvalue weighted by molar-refractivity contribution is 0.0989. The summed E-state index contributed by atoms with van der Waals surface area (Å²) < 4.78 is 0. The van der Waals surface area contributed by atoms with Gasteiger partial charge in [-0.1, -0.05) is 0 Å². The van der Waals surface area contributed by atoms with Crippen LogP contribution >= 0.6 is 0 Å². The van der Waals surface area contributed by atoms with Crippen LogP contribution in [0.5, 0.6) is 0 Å². The van der Waals surface area contributed by atoms with Crippen molar-refractivity contribution in [1.29, 1.82) is 0 Å². The SMILES string of the molecule is Nc1nccnc1C(=O)Cc1cnccc1N1CCC[C@H](N)C1. The molecule has 1 aliphatic heterocycles. The molecule has 1 aliphatic rings. The van der Waals surface area contributed by atoms with Gasteiger partial charge in [0.25, 0.3) is 0 Å². The second kappa shape index (κ2) is 6.70. The standard InChI is InChI=1S/C16H20N6O/c17-12-2-1-7-22(10-12)13-3-4-19-9-11(13)8-14(23)15-16(18)21-6-5-20-15/h3-6,9,12H,1-2,7-8,10,17H2,(H2,18,21)/t12-/m0/s1. The molecule has 1 atom stereocenters. The van der Waals surface area contributed by atoms with Crippen molar-refractivity contribution in [3.63, 3.8) is 0 Å². The molecule has 0 bridgehead atoms. The van der Waals surface area contributed by atoms with E-state index >= 15 is 0 Å². The smallest absolute Gasteiger partial charge is 0.189 e. The summed E-state index contributed by atoms with van der Waals surface area (Å²) in [6, 6.07) is 2.09. The monoisotopic (exact) mass is 312 g/mol. The Morgan fingerprint density at radius 1 is 1.30 bits per heavy atom. The van der Waals surface area contributed by atoms with Crippen molar-refractivity contribution < 1.29 is 4.79 Å². The van der Waals surface area contributed by atoms with E-state index in [4.69, 9.17) is 11.5 Å². The summed E-state index contributed by atoms with van der Waals surface area (Å²) >= 11 is 0. The lowest BCUT2D eigenvalue weighted by Crippen LogP contribution is -2.43. The van der Waals surface area contributed by atoms with E-state index in [0.29, 0.717) is 0 Å². The number of Topliss-reactive ketones (excluding diaryl/α,β-unsaturated/α-hetero) is 1. The van der Waals surface area contributed by atoms with Gasteiger partial charge in [0.2, 0.25) is 0 Å². The first-order valence-electron chi connectivity index (χ1n) is 7.68. The van der Waals surface area contributed by atoms with E-state index in [2.05, 4.69) is 19.9 Å². The van der Waals surface area contributed by atoms with E-state index in [1.54, 1.807) is 12.4 Å². The Balaban J connectivity index is 1.83. The summed E-state index contributed by atoms with van der Waals surface area (Å²) in [5, 5.41) is 0. The number of nitrogens with zero attached hydrogens (tertiary/aromatic N) is 4. The molecule has 7 nitrogen and oxygen atoms in total. The van der Waals surface area contributed by atoms with Crippen molar-refractivity contribution in [2.24, 2.45) is 5.73 Å². The van der Waals surface area contributed by atoms with Crippen molar-refractivity contribution in [2.45, 2.75) is 25.3 Å². The topological polar surface area (TPSA) is 111 Å². The average molecular weight is 312 g/mol. The maximum Gasteiger partial charge on any atom is 0.189 e. The Morgan fingerprint density at radius 2 is 2.13 bits per heavy atom. The minimum atomic E-state index is -0.161. The van der Waals surface area contributed by atoms with Crippen molar-refractivity contribution in [3.05, 3.63) is 42.1 Å². The molecule has 0 amide bonds. The molecule has 120 valence electrons. The van der Waals surface area contributed by atoms with Gasteiger partial charge in [-0.05, 0) is 18.9 Å². The zero-order valence-electron chi connectivity index (χ0n) is 12.9. The van der Waals surface area contributed by atoms with E-state index in [0.717, 1.165) is 37.2 Å². The van der Waals surface area contributed by atoms with Crippen LogP contribution in [0.25, 0.3) is 0 Å². The molecule has 2 aromatic heterocycles. The van der Waals surface area contributed by atoms with Gasteiger partial charge in [-0.3, -0.25) is 9.78 Å². The second-order valence-corrected chi connectivity index (χ2v) is 5.74. The van der Waals surface area contributed by atoms with E-state index in [-0.39, 0.29) is 29.8 Å². The van der Waals surface area contributed by atoms with E-state index in [1.807, 2.05) is 6.07 Å². The van der Waals surface area contributed by atoms with Gasteiger partial charge in [0.15, 0.2) is 11.6 Å². The van der Waals surface area contributed by atoms with Gasteiger partial charge in [0.05, 0.1) is 0 Å². The Morgan fingerprint density at radius 3 is 2.91 bits per heavy atom. The predicted octanol–water partition coefficient (Wildman–Crippen LogP) is 0.807. The molecule has 0 radical (unpaired) electrons. The number of nitrogens with two attached hydrogens (primary N) is 2. The van der Waals surface area contributed by atoms with Gasteiger partial charge in [-0.15, -0.1) is 0 Å². The maximum absolute atomic E-state index is 12.5. The molecule has 3 heterocycles. The first kappa shape index (κ1) is 15.4. The number of piperidine rings is 1. The largest absolute Gasteiger partial charge is 0.382 e. The maximum atomic E-state index is 12.5. The minimum absolute atomic E-state index is 0.155. The van der Waals surface area contributed by atoms with Crippen LogP contribution in [0, 0.1) is 0 Å². The van der Waals surface area contributed by atoms with E-state index in [9.17, 15) is 4.79 Å². The summed E-state index contributed by atoms with van der Waals surface area (Å²) in [6.45, 7) is 1.73. The molecule has 0 unspecified atom stereocenters. The molecule has 4 N–H and O–H groups in total. The number of aromatic nitrogens is 3. The number of nitrogen functional groups attached to an aromatic ring is 1. The number of anilines is 2. The van der Waals surface area contributed by atoms with Crippen LogP contribution < -0.4 is 16.4 Å². The molecule has 2 aromatic rings. The van der Waals surface area contributed by atoms with Crippen LogP contribution in [-0.4, -0.2) is 39.9 Å². The number of pyridine rings is 1. The van der Waals surface area contributed by atoms with Gasteiger partial charge >= 0.3 is 0 Å². The molecule has 1 fully saturated rings. The normalized spacial score (nSPS) is 18.0. The number of ketones is 1. The van der Waals surface area contributed by atoms with Crippen LogP contribution in [-0.2, 0) is 6.42 Å². The summed E-state index contributed by atoms with van der Waals surface area (Å²) in [4.78, 5) is 26.8. The molecule has 23 heavy (non-hydrogen) atoms. The fourth-order valence-electron chi connectivity index (χ4n) is 2.91. The minimum Gasteiger partial charge on any atom is -0.382 e. The van der Waals surface area contributed by atoms with Crippen LogP contribution in [0.4, 0.5) is 11.5 Å². The Bertz CT molecular complexity index is 704. The Kier molecular flexibility index (Phi) is 4.47. The quantitative estimate of drug-likeness (QED) is 0.803. The lowest BCUT2D eigenvalue weighted by atomic mass is 10.0. The van der Waals surface area contributed by atoms with Crippen molar-refractivity contribution >= 4 is 17.3 Å². The third kappa shape index (κ3) is 3.45. The predicted molar refractivity (Wildman–Crippen MR) is 88.1 cm³/mol. The molecular formula is C16H20N6O. The zero-order valence-corrected chi connectivity index (χ0v) is 12.9. The summed E-state index contributed by atoms with van der Waals surface area (Å²) in [5.74, 6) is -0.00547. The third-order valence-corrected chi connectivity index (χ3v) is 4.02. The number of carbonyl (C=O) groups excluding carboxylic acids is 1. The third-order valence-electron chi connectivity index (χ3n) is 4.02. The van der Waals surface area contributed by atoms with Gasteiger partial charge in [-0.2, -0.15) is 0 Å². The zero-order chi connectivity index (χ0) is 16.2. The Hall–Kier alpha value is -2.54. The number of hydrogen-bond acceptors (Lipinski definition) is 7. The van der Waals surface area contributed by atoms with E-state index in [1.165, 1.54) is 12.4 Å². The fraction of sp³-hybridized carbons (Fsp3) is 0.375. The van der Waals surface area contributed by atoms with Gasteiger partial charge in [0, 0.05) is 61.6 Å². The first-order valence-corrected chi connectivity index (χ1v) is 7.68. The Labute approximate surface area is 134 Å². The van der Waals surface area contributed by atoms with Crippen molar-refractivity contribution in [3.8, 4) is 0 Å². The highest BCUT2D eigenvalue weighted by molar-refractivity contribution is 5.99. The summed E-state index contributed by atoms with van der Waals surface area (Å²) in [5.41, 5.74) is 13.9. The fourth-order valence-corrected chi connectivity index (χ4v) is 2.91. The second-order valence-electron chi connectivity index (χ2n) is 5.74. The highest BCUT2D eigenvalue weighted by Gasteiger charge is 2.21. The van der Waals surface area contributed by atoms with Gasteiger partial charge < -0.3 is 16.4 Å². The molecule has 0 aliphatic carbocycles. The van der Waals surface area contributed by atoms with Crippen molar-refractivity contribution in [2.75, 3.05) is 23.7 Å².